The fourth-order valence-corrected chi connectivity index (χ4v) is 3.02. The van der Waals surface area contributed by atoms with Crippen LogP contribution >= 0.6 is 0 Å². The fraction of sp³-hybridized carbons (Fsp3) is 0.632. The minimum absolute atomic E-state index is 0.0242. The standard InChI is InChI=1S/C19H27F3N2O3/c1-13-11-24(17(25)27-18(3,4)5)14(2)10-23(13)12-15-6-8-16(9-7-15)26-19(20,21)22/h6-9,13-14H,10-12H2,1-5H3/t13-,14+/m1/s1. The van der Waals surface area contributed by atoms with Crippen molar-refractivity contribution in [3.8, 4) is 5.75 Å². The Morgan fingerprint density at radius 3 is 2.19 bits per heavy atom. The molecule has 0 aliphatic carbocycles. The molecule has 0 spiro atoms. The topological polar surface area (TPSA) is 42.0 Å². The van der Waals surface area contributed by atoms with Crippen LogP contribution in [0.5, 0.6) is 5.75 Å². The highest BCUT2D eigenvalue weighted by Gasteiger charge is 2.34. The van der Waals surface area contributed by atoms with Crippen LogP contribution in [0.15, 0.2) is 24.3 Å². The Labute approximate surface area is 158 Å². The van der Waals surface area contributed by atoms with E-state index in [1.54, 1.807) is 17.0 Å². The Morgan fingerprint density at radius 2 is 1.67 bits per heavy atom. The molecule has 0 radical (unpaired) electrons. The third kappa shape index (κ3) is 6.61. The van der Waals surface area contributed by atoms with E-state index in [0.29, 0.717) is 19.6 Å². The van der Waals surface area contributed by atoms with Crippen molar-refractivity contribution in [2.45, 2.75) is 65.2 Å². The number of rotatable bonds is 3. The summed E-state index contributed by atoms with van der Waals surface area (Å²) in [7, 11) is 0. The third-order valence-corrected chi connectivity index (χ3v) is 4.29. The van der Waals surface area contributed by atoms with Gasteiger partial charge in [0.2, 0.25) is 0 Å². The quantitative estimate of drug-likeness (QED) is 0.769. The molecule has 1 heterocycles. The van der Waals surface area contributed by atoms with Crippen molar-refractivity contribution in [3.63, 3.8) is 0 Å². The van der Waals surface area contributed by atoms with Crippen LogP contribution < -0.4 is 4.74 Å². The van der Waals surface area contributed by atoms with Gasteiger partial charge < -0.3 is 14.4 Å². The number of carbonyl (C=O) groups is 1. The number of nitrogens with zero attached hydrogens (tertiary/aromatic N) is 2. The first-order valence-corrected chi connectivity index (χ1v) is 8.92. The summed E-state index contributed by atoms with van der Waals surface area (Å²) >= 11 is 0. The van der Waals surface area contributed by atoms with Crippen LogP contribution in [0.2, 0.25) is 0 Å². The smallest absolute Gasteiger partial charge is 0.444 e. The zero-order chi connectivity index (χ0) is 20.4. The second-order valence-corrected chi connectivity index (χ2v) is 7.95. The number of halogens is 3. The van der Waals surface area contributed by atoms with Gasteiger partial charge in [0.1, 0.15) is 11.4 Å². The average molecular weight is 388 g/mol. The van der Waals surface area contributed by atoms with E-state index in [1.807, 2.05) is 34.6 Å². The minimum Gasteiger partial charge on any atom is -0.444 e. The molecule has 0 saturated carbocycles. The van der Waals surface area contributed by atoms with Gasteiger partial charge in [-0.2, -0.15) is 0 Å². The summed E-state index contributed by atoms with van der Waals surface area (Å²) in [5.41, 5.74) is 0.339. The van der Waals surface area contributed by atoms with E-state index in [1.165, 1.54) is 12.1 Å². The lowest BCUT2D eigenvalue weighted by Crippen LogP contribution is -2.58. The largest absolute Gasteiger partial charge is 0.573 e. The highest BCUT2D eigenvalue weighted by Crippen LogP contribution is 2.24. The predicted molar refractivity (Wildman–Crippen MR) is 95.4 cm³/mol. The first kappa shape index (κ1) is 21.3. The summed E-state index contributed by atoms with van der Waals surface area (Å²) in [6.07, 6.45) is -5.01. The zero-order valence-corrected chi connectivity index (χ0v) is 16.3. The molecule has 0 bridgehead atoms. The predicted octanol–water partition coefficient (Wildman–Crippen LogP) is 4.41. The maximum absolute atomic E-state index is 12.4. The van der Waals surface area contributed by atoms with E-state index >= 15 is 0 Å². The van der Waals surface area contributed by atoms with Crippen LogP contribution in [0.25, 0.3) is 0 Å². The molecule has 1 aliphatic rings. The summed E-state index contributed by atoms with van der Waals surface area (Å²) in [5.74, 6) is -0.234. The number of piperazine rings is 1. The number of hydrogen-bond acceptors (Lipinski definition) is 4. The molecule has 0 unspecified atom stereocenters. The molecule has 27 heavy (non-hydrogen) atoms. The highest BCUT2D eigenvalue weighted by atomic mass is 19.4. The van der Waals surface area contributed by atoms with Gasteiger partial charge in [-0.25, -0.2) is 4.79 Å². The molecule has 5 nitrogen and oxygen atoms in total. The second kappa shape index (κ2) is 7.96. The Kier molecular flexibility index (Phi) is 6.29. The molecular formula is C19H27F3N2O3. The molecule has 1 aliphatic heterocycles. The van der Waals surface area contributed by atoms with Crippen LogP contribution in [-0.4, -0.2) is 53.0 Å². The van der Waals surface area contributed by atoms with Gasteiger partial charge in [-0.3, -0.25) is 4.90 Å². The van der Waals surface area contributed by atoms with Gasteiger partial charge in [-0.1, -0.05) is 12.1 Å². The number of ether oxygens (including phenoxy) is 2. The number of carbonyl (C=O) groups excluding carboxylic acids is 1. The summed E-state index contributed by atoms with van der Waals surface area (Å²) in [6, 6.07) is 5.95. The average Bonchev–Trinajstić information content (AvgIpc) is 2.49. The van der Waals surface area contributed by atoms with Gasteiger partial charge in [-0.15, -0.1) is 13.2 Å². The number of hydrogen-bond donors (Lipinski definition) is 0. The van der Waals surface area contributed by atoms with Crippen molar-refractivity contribution in [1.82, 2.24) is 9.80 Å². The lowest BCUT2D eigenvalue weighted by Gasteiger charge is -2.44. The lowest BCUT2D eigenvalue weighted by atomic mass is 10.1. The summed E-state index contributed by atoms with van der Waals surface area (Å²) in [5, 5.41) is 0. The fourth-order valence-electron chi connectivity index (χ4n) is 3.02. The number of amides is 1. The number of benzene rings is 1. The molecule has 2 atom stereocenters. The van der Waals surface area contributed by atoms with Gasteiger partial charge in [0.25, 0.3) is 0 Å². The van der Waals surface area contributed by atoms with E-state index in [9.17, 15) is 18.0 Å². The lowest BCUT2D eigenvalue weighted by molar-refractivity contribution is -0.274. The van der Waals surface area contributed by atoms with Gasteiger partial charge in [0.15, 0.2) is 0 Å². The second-order valence-electron chi connectivity index (χ2n) is 7.95. The highest BCUT2D eigenvalue weighted by molar-refractivity contribution is 5.68. The van der Waals surface area contributed by atoms with Gasteiger partial charge in [0.05, 0.1) is 0 Å². The van der Waals surface area contributed by atoms with E-state index in [-0.39, 0.29) is 23.9 Å². The van der Waals surface area contributed by atoms with Crippen LogP contribution in [0, 0.1) is 0 Å². The molecule has 1 aromatic rings. The first-order valence-electron chi connectivity index (χ1n) is 8.92. The molecule has 1 fully saturated rings. The van der Waals surface area contributed by atoms with E-state index < -0.39 is 12.0 Å². The summed E-state index contributed by atoms with van der Waals surface area (Å²) < 4.78 is 46.1. The van der Waals surface area contributed by atoms with Crippen molar-refractivity contribution in [3.05, 3.63) is 29.8 Å². The molecule has 1 saturated heterocycles. The van der Waals surface area contributed by atoms with E-state index in [4.69, 9.17) is 4.74 Å². The van der Waals surface area contributed by atoms with Crippen molar-refractivity contribution in [2.75, 3.05) is 13.1 Å². The van der Waals surface area contributed by atoms with Crippen LogP contribution in [0.3, 0.4) is 0 Å². The van der Waals surface area contributed by atoms with Crippen molar-refractivity contribution in [1.29, 1.82) is 0 Å². The third-order valence-electron chi connectivity index (χ3n) is 4.29. The normalized spacial score (nSPS) is 21.9. The molecule has 8 heteroatoms. The Bertz CT molecular complexity index is 641. The molecule has 1 amide bonds. The summed E-state index contributed by atoms with van der Waals surface area (Å²) in [6.45, 7) is 11.3. The van der Waals surface area contributed by atoms with Crippen LogP contribution in [0.1, 0.15) is 40.2 Å². The van der Waals surface area contributed by atoms with Gasteiger partial charge in [0, 0.05) is 31.7 Å². The first-order chi connectivity index (χ1) is 12.3. The van der Waals surface area contributed by atoms with Crippen molar-refractivity contribution in [2.24, 2.45) is 0 Å². The van der Waals surface area contributed by atoms with Crippen molar-refractivity contribution < 1.29 is 27.4 Å². The number of alkyl halides is 3. The van der Waals surface area contributed by atoms with Gasteiger partial charge >= 0.3 is 12.5 Å². The Morgan fingerprint density at radius 1 is 1.07 bits per heavy atom. The van der Waals surface area contributed by atoms with E-state index in [2.05, 4.69) is 9.64 Å². The van der Waals surface area contributed by atoms with Gasteiger partial charge in [-0.05, 0) is 52.3 Å². The van der Waals surface area contributed by atoms with Crippen LogP contribution in [0.4, 0.5) is 18.0 Å². The maximum Gasteiger partial charge on any atom is 0.573 e. The molecule has 1 aromatic carbocycles. The van der Waals surface area contributed by atoms with Crippen LogP contribution in [-0.2, 0) is 11.3 Å². The molecule has 0 N–H and O–H groups in total. The molecule has 2 rings (SSSR count). The van der Waals surface area contributed by atoms with E-state index in [0.717, 1.165) is 5.56 Å². The zero-order valence-electron chi connectivity index (χ0n) is 16.3. The maximum atomic E-state index is 12.4. The Balaban J connectivity index is 1.96. The van der Waals surface area contributed by atoms with Crippen molar-refractivity contribution >= 4 is 6.09 Å². The molecule has 152 valence electrons. The Hall–Kier alpha value is -1.96. The minimum atomic E-state index is -4.69. The molecule has 0 aromatic heterocycles. The monoisotopic (exact) mass is 388 g/mol. The molecular weight excluding hydrogens is 361 g/mol. The summed E-state index contributed by atoms with van der Waals surface area (Å²) in [4.78, 5) is 16.3. The SMILES string of the molecule is C[C@@H]1CN(C(=O)OC(C)(C)C)[C@@H](C)CN1Cc1ccc(OC(F)(F)F)cc1.